The highest BCUT2D eigenvalue weighted by Crippen LogP contribution is 2.29. The number of benzene rings is 1. The molecule has 12 heavy (non-hydrogen) atoms. The maximum Gasteiger partial charge on any atom is 0.103 e. The van der Waals surface area contributed by atoms with E-state index in [0.717, 1.165) is 20.8 Å². The van der Waals surface area contributed by atoms with Gasteiger partial charge < -0.3 is 4.98 Å². The SMILES string of the molecule is CSc1c(S)ccc2[nH]cnc12. The summed E-state index contributed by atoms with van der Waals surface area (Å²) in [6, 6.07) is 3.97. The van der Waals surface area contributed by atoms with Gasteiger partial charge in [0, 0.05) is 9.79 Å². The topological polar surface area (TPSA) is 28.7 Å². The number of aromatic nitrogens is 2. The van der Waals surface area contributed by atoms with Crippen molar-refractivity contribution in [3.63, 3.8) is 0 Å². The van der Waals surface area contributed by atoms with Crippen molar-refractivity contribution < 1.29 is 0 Å². The molecule has 0 atom stereocenters. The van der Waals surface area contributed by atoms with E-state index in [2.05, 4.69) is 22.6 Å². The molecule has 0 aliphatic heterocycles. The van der Waals surface area contributed by atoms with Gasteiger partial charge in [-0.25, -0.2) is 4.98 Å². The van der Waals surface area contributed by atoms with Gasteiger partial charge in [0.15, 0.2) is 0 Å². The van der Waals surface area contributed by atoms with Gasteiger partial charge in [0.05, 0.1) is 11.8 Å². The van der Waals surface area contributed by atoms with Crippen LogP contribution in [0.2, 0.25) is 0 Å². The summed E-state index contributed by atoms with van der Waals surface area (Å²) in [5, 5.41) is 0. The predicted molar refractivity (Wildman–Crippen MR) is 55.1 cm³/mol. The fraction of sp³-hybridized carbons (Fsp3) is 0.125. The maximum absolute atomic E-state index is 4.35. The smallest absolute Gasteiger partial charge is 0.103 e. The molecular formula is C8H8N2S2. The molecule has 2 nitrogen and oxygen atoms in total. The Hall–Kier alpha value is -0.610. The van der Waals surface area contributed by atoms with E-state index in [9.17, 15) is 0 Å². The van der Waals surface area contributed by atoms with Gasteiger partial charge >= 0.3 is 0 Å². The average Bonchev–Trinajstić information content (AvgIpc) is 2.52. The van der Waals surface area contributed by atoms with Crippen molar-refractivity contribution in [3.05, 3.63) is 18.5 Å². The third kappa shape index (κ3) is 1.11. The molecule has 0 saturated carbocycles. The fourth-order valence-electron chi connectivity index (χ4n) is 1.17. The van der Waals surface area contributed by atoms with Crippen LogP contribution in [-0.4, -0.2) is 16.2 Å². The van der Waals surface area contributed by atoms with Gasteiger partial charge in [-0.3, -0.25) is 0 Å². The highest BCUT2D eigenvalue weighted by Gasteiger charge is 2.05. The maximum atomic E-state index is 4.35. The fourth-order valence-corrected chi connectivity index (χ4v) is 2.26. The molecule has 0 aliphatic rings. The molecule has 1 heterocycles. The molecule has 0 radical (unpaired) electrons. The van der Waals surface area contributed by atoms with Crippen LogP contribution in [-0.2, 0) is 0 Å². The first-order valence-electron chi connectivity index (χ1n) is 3.52. The van der Waals surface area contributed by atoms with Gasteiger partial charge in [-0.15, -0.1) is 24.4 Å². The lowest BCUT2D eigenvalue weighted by Crippen LogP contribution is -1.77. The van der Waals surface area contributed by atoms with Crippen molar-refractivity contribution in [3.8, 4) is 0 Å². The molecule has 0 aliphatic carbocycles. The van der Waals surface area contributed by atoms with Gasteiger partial charge in [0.25, 0.3) is 0 Å². The van der Waals surface area contributed by atoms with Gasteiger partial charge in [-0.1, -0.05) is 0 Å². The van der Waals surface area contributed by atoms with Crippen LogP contribution in [0.25, 0.3) is 11.0 Å². The average molecular weight is 196 g/mol. The Bertz CT molecular complexity index is 408. The zero-order valence-electron chi connectivity index (χ0n) is 6.53. The largest absolute Gasteiger partial charge is 0.345 e. The summed E-state index contributed by atoms with van der Waals surface area (Å²) in [6.07, 6.45) is 3.74. The Morgan fingerprint density at radius 2 is 2.33 bits per heavy atom. The summed E-state index contributed by atoms with van der Waals surface area (Å²) in [7, 11) is 0. The molecule has 2 rings (SSSR count). The summed E-state index contributed by atoms with van der Waals surface area (Å²) >= 11 is 6.02. The van der Waals surface area contributed by atoms with Crippen LogP contribution in [0.15, 0.2) is 28.3 Å². The van der Waals surface area contributed by atoms with Crippen molar-refractivity contribution in [2.75, 3.05) is 6.26 Å². The second-order valence-corrected chi connectivity index (χ2v) is 3.71. The zero-order chi connectivity index (χ0) is 8.55. The van der Waals surface area contributed by atoms with Crippen LogP contribution in [0.1, 0.15) is 0 Å². The number of thiol groups is 1. The summed E-state index contributed by atoms with van der Waals surface area (Å²) in [6.45, 7) is 0. The number of hydrogen-bond acceptors (Lipinski definition) is 3. The molecule has 2 aromatic rings. The monoisotopic (exact) mass is 196 g/mol. The number of nitrogens with one attached hydrogen (secondary N) is 1. The number of aromatic amines is 1. The van der Waals surface area contributed by atoms with Crippen molar-refractivity contribution >= 4 is 35.4 Å². The number of imidazole rings is 1. The van der Waals surface area contributed by atoms with Gasteiger partial charge in [0.1, 0.15) is 5.52 Å². The van der Waals surface area contributed by atoms with Gasteiger partial charge in [0.2, 0.25) is 0 Å². The van der Waals surface area contributed by atoms with Crippen LogP contribution in [0, 0.1) is 0 Å². The van der Waals surface area contributed by atoms with E-state index in [4.69, 9.17) is 0 Å². The lowest BCUT2D eigenvalue weighted by atomic mass is 10.3. The number of rotatable bonds is 1. The lowest BCUT2D eigenvalue weighted by Gasteiger charge is -2.00. The lowest BCUT2D eigenvalue weighted by molar-refractivity contribution is 1.27. The van der Waals surface area contributed by atoms with E-state index in [0.29, 0.717) is 0 Å². The summed E-state index contributed by atoms with van der Waals surface area (Å²) < 4.78 is 0. The second-order valence-electron chi connectivity index (χ2n) is 2.42. The summed E-state index contributed by atoms with van der Waals surface area (Å²) in [4.78, 5) is 9.41. The highest BCUT2D eigenvalue weighted by molar-refractivity contribution is 7.99. The van der Waals surface area contributed by atoms with Gasteiger partial charge in [-0.05, 0) is 18.4 Å². The molecule has 62 valence electrons. The van der Waals surface area contributed by atoms with E-state index >= 15 is 0 Å². The minimum absolute atomic E-state index is 0.988. The molecule has 1 N–H and O–H groups in total. The molecule has 0 unspecified atom stereocenters. The Morgan fingerprint density at radius 3 is 3.08 bits per heavy atom. The summed E-state index contributed by atoms with van der Waals surface area (Å²) in [5.74, 6) is 0. The second kappa shape index (κ2) is 3.03. The third-order valence-corrected chi connectivity index (χ3v) is 3.07. The molecule has 0 bridgehead atoms. The van der Waals surface area contributed by atoms with Crippen LogP contribution in [0.5, 0.6) is 0 Å². The molecule has 4 heteroatoms. The van der Waals surface area contributed by atoms with Crippen molar-refractivity contribution in [2.45, 2.75) is 9.79 Å². The quantitative estimate of drug-likeness (QED) is 0.542. The number of nitrogens with zero attached hydrogens (tertiary/aromatic N) is 1. The molecule has 1 aromatic heterocycles. The summed E-state index contributed by atoms with van der Waals surface area (Å²) in [5.41, 5.74) is 2.08. The normalized spacial score (nSPS) is 10.8. The van der Waals surface area contributed by atoms with Crippen LogP contribution in [0.3, 0.4) is 0 Å². The minimum atomic E-state index is 0.988. The van der Waals surface area contributed by atoms with Crippen LogP contribution in [0.4, 0.5) is 0 Å². The zero-order valence-corrected chi connectivity index (χ0v) is 8.25. The van der Waals surface area contributed by atoms with Crippen LogP contribution < -0.4 is 0 Å². The van der Waals surface area contributed by atoms with Crippen molar-refractivity contribution in [2.24, 2.45) is 0 Å². The number of H-pyrrole nitrogens is 1. The Morgan fingerprint density at radius 1 is 1.50 bits per heavy atom. The van der Waals surface area contributed by atoms with E-state index in [1.165, 1.54) is 0 Å². The van der Waals surface area contributed by atoms with Crippen molar-refractivity contribution in [1.29, 1.82) is 0 Å². The van der Waals surface area contributed by atoms with E-state index < -0.39 is 0 Å². The first-order valence-corrected chi connectivity index (χ1v) is 5.19. The molecule has 1 aromatic carbocycles. The number of fused-ring (bicyclic) bond motifs is 1. The van der Waals surface area contributed by atoms with Crippen LogP contribution >= 0.6 is 24.4 Å². The first kappa shape index (κ1) is 8.01. The van der Waals surface area contributed by atoms with Gasteiger partial charge in [-0.2, -0.15) is 0 Å². The van der Waals surface area contributed by atoms with E-state index in [1.807, 2.05) is 18.4 Å². The number of hydrogen-bond donors (Lipinski definition) is 2. The minimum Gasteiger partial charge on any atom is -0.345 e. The molecular weight excluding hydrogens is 188 g/mol. The highest BCUT2D eigenvalue weighted by atomic mass is 32.2. The molecule has 0 saturated heterocycles. The number of thioether (sulfide) groups is 1. The first-order chi connectivity index (χ1) is 5.83. The Balaban J connectivity index is 2.83. The van der Waals surface area contributed by atoms with Crippen molar-refractivity contribution in [1.82, 2.24) is 9.97 Å². The molecule has 0 fully saturated rings. The Labute approximate surface area is 80.2 Å². The predicted octanol–water partition coefficient (Wildman–Crippen LogP) is 2.57. The molecule has 0 amide bonds. The van der Waals surface area contributed by atoms with E-state index in [-0.39, 0.29) is 0 Å². The Kier molecular flexibility index (Phi) is 2.02. The third-order valence-electron chi connectivity index (χ3n) is 1.73. The van der Waals surface area contributed by atoms with E-state index in [1.54, 1.807) is 18.1 Å². The standard InChI is InChI=1S/C8H8N2S2/c1-12-8-6(11)3-2-5-7(8)10-4-9-5/h2-4,11H,1H3,(H,9,10). The molecule has 0 spiro atoms.